The van der Waals surface area contributed by atoms with Crippen molar-refractivity contribution in [2.45, 2.75) is 168 Å². The van der Waals surface area contributed by atoms with Crippen LogP contribution in [0.4, 0.5) is 0 Å². The Labute approximate surface area is 264 Å². The van der Waals surface area contributed by atoms with Gasteiger partial charge in [-0.05, 0) is 91.1 Å². The molecule has 0 heterocycles. The van der Waals surface area contributed by atoms with E-state index < -0.39 is 0 Å². The molecule has 0 bridgehead atoms. The van der Waals surface area contributed by atoms with Crippen LogP contribution in [0.2, 0.25) is 0 Å². The van der Waals surface area contributed by atoms with Crippen molar-refractivity contribution in [3.8, 4) is 0 Å². The SMILES string of the molecule is CCCC/C=C\C/C=C\CCCCCCCCC(CCCCCCCC/C=C\C/C=C\CCCC)=NNCCN(C)C. The van der Waals surface area contributed by atoms with E-state index in [9.17, 15) is 0 Å². The summed E-state index contributed by atoms with van der Waals surface area (Å²) in [6.07, 6.45) is 49.7. The quantitative estimate of drug-likeness (QED) is 0.0369. The Morgan fingerprint density at radius 3 is 1.29 bits per heavy atom. The minimum atomic E-state index is 0.934. The lowest BCUT2D eigenvalue weighted by Crippen LogP contribution is -2.24. The van der Waals surface area contributed by atoms with Crippen molar-refractivity contribution < 1.29 is 0 Å². The van der Waals surface area contributed by atoms with E-state index in [1.54, 1.807) is 0 Å². The van der Waals surface area contributed by atoms with Gasteiger partial charge >= 0.3 is 0 Å². The van der Waals surface area contributed by atoms with Gasteiger partial charge in [-0.15, -0.1) is 0 Å². The Hall–Kier alpha value is -1.61. The number of nitrogens with zero attached hydrogens (tertiary/aromatic N) is 2. The topological polar surface area (TPSA) is 27.6 Å². The Kier molecular flexibility index (Phi) is 34.2. The molecule has 1 N–H and O–H groups in total. The molecule has 42 heavy (non-hydrogen) atoms. The van der Waals surface area contributed by atoms with Gasteiger partial charge in [0.05, 0.1) is 0 Å². The first kappa shape index (κ1) is 40.4. The monoisotopic (exact) mass is 584 g/mol. The first-order chi connectivity index (χ1) is 20.7. The molecule has 244 valence electrons. The molecule has 0 aliphatic carbocycles. The van der Waals surface area contributed by atoms with Gasteiger partial charge in [0, 0.05) is 18.8 Å². The molecule has 0 aliphatic heterocycles. The van der Waals surface area contributed by atoms with E-state index in [0.717, 1.165) is 25.9 Å². The average molecular weight is 584 g/mol. The summed E-state index contributed by atoms with van der Waals surface area (Å²) in [5.74, 6) is 0. The van der Waals surface area contributed by atoms with Gasteiger partial charge in [-0.2, -0.15) is 5.10 Å². The minimum Gasteiger partial charge on any atom is -0.309 e. The van der Waals surface area contributed by atoms with E-state index >= 15 is 0 Å². The highest BCUT2D eigenvalue weighted by Crippen LogP contribution is 2.14. The summed E-state index contributed by atoms with van der Waals surface area (Å²) in [6, 6.07) is 0. The number of hydrogen-bond donors (Lipinski definition) is 1. The summed E-state index contributed by atoms with van der Waals surface area (Å²) in [6.45, 7) is 6.48. The van der Waals surface area contributed by atoms with Gasteiger partial charge in [0.1, 0.15) is 0 Å². The fourth-order valence-corrected chi connectivity index (χ4v) is 4.93. The number of rotatable bonds is 32. The van der Waals surface area contributed by atoms with Gasteiger partial charge in [0.2, 0.25) is 0 Å². The van der Waals surface area contributed by atoms with Crippen LogP contribution in [0.3, 0.4) is 0 Å². The Balaban J connectivity index is 3.90. The number of unbranched alkanes of at least 4 members (excludes halogenated alkanes) is 16. The van der Waals surface area contributed by atoms with Crippen LogP contribution in [0.5, 0.6) is 0 Å². The molecule has 0 aromatic carbocycles. The van der Waals surface area contributed by atoms with E-state index in [4.69, 9.17) is 5.10 Å². The summed E-state index contributed by atoms with van der Waals surface area (Å²) in [5.41, 5.74) is 4.75. The molecule has 0 spiro atoms. The zero-order chi connectivity index (χ0) is 30.6. The largest absolute Gasteiger partial charge is 0.309 e. The zero-order valence-corrected chi connectivity index (χ0v) is 28.9. The normalized spacial score (nSPS) is 12.2. The van der Waals surface area contributed by atoms with Crippen LogP contribution in [0.25, 0.3) is 0 Å². The van der Waals surface area contributed by atoms with Gasteiger partial charge in [-0.3, -0.25) is 0 Å². The van der Waals surface area contributed by atoms with Crippen LogP contribution in [0.1, 0.15) is 168 Å². The van der Waals surface area contributed by atoms with Crippen molar-refractivity contribution in [3.63, 3.8) is 0 Å². The molecule has 0 fully saturated rings. The first-order valence-corrected chi connectivity index (χ1v) is 18.2. The van der Waals surface area contributed by atoms with Crippen molar-refractivity contribution in [1.82, 2.24) is 10.3 Å². The van der Waals surface area contributed by atoms with Gasteiger partial charge in [-0.25, -0.2) is 0 Å². The maximum Gasteiger partial charge on any atom is 0.0456 e. The van der Waals surface area contributed by atoms with Crippen LogP contribution in [-0.2, 0) is 0 Å². The fourth-order valence-electron chi connectivity index (χ4n) is 4.93. The predicted octanol–water partition coefficient (Wildman–Crippen LogP) is 12.1. The molecule has 0 saturated carbocycles. The molecule has 0 aromatic rings. The number of nitrogens with one attached hydrogen (secondary N) is 1. The standard InChI is InChI=1S/C39H73N3/c1-5-7-9-11-13-15-17-19-21-23-25-27-29-31-33-35-39(41-40-37-38-42(3)4)36-34-32-30-28-26-24-22-20-18-16-14-12-10-8-6-2/h11-14,17-20,40H,5-10,15-16,21-38H2,1-4H3/b13-11-,14-12-,19-17-,20-18-. The third kappa shape index (κ3) is 34.6. The highest BCUT2D eigenvalue weighted by atomic mass is 15.3. The predicted molar refractivity (Wildman–Crippen MR) is 193 cm³/mol. The first-order valence-electron chi connectivity index (χ1n) is 18.2. The number of likely N-dealkylation sites (N-methyl/N-ethyl adjacent to an activating group) is 1. The number of hydrazone groups is 1. The van der Waals surface area contributed by atoms with Gasteiger partial charge in [0.25, 0.3) is 0 Å². The van der Waals surface area contributed by atoms with Gasteiger partial charge < -0.3 is 10.3 Å². The number of hydrogen-bond acceptors (Lipinski definition) is 3. The molecule has 0 amide bonds. The average Bonchev–Trinajstić information content (AvgIpc) is 2.98. The minimum absolute atomic E-state index is 0.934. The molecular formula is C39H73N3. The van der Waals surface area contributed by atoms with Crippen molar-refractivity contribution in [2.75, 3.05) is 27.2 Å². The van der Waals surface area contributed by atoms with Crippen molar-refractivity contribution in [1.29, 1.82) is 0 Å². The zero-order valence-electron chi connectivity index (χ0n) is 28.9. The highest BCUT2D eigenvalue weighted by Gasteiger charge is 2.02. The van der Waals surface area contributed by atoms with E-state index in [-0.39, 0.29) is 0 Å². The Morgan fingerprint density at radius 1 is 0.500 bits per heavy atom. The van der Waals surface area contributed by atoms with E-state index in [2.05, 4.69) is 86.9 Å². The van der Waals surface area contributed by atoms with E-state index in [1.165, 1.54) is 147 Å². The molecule has 0 saturated heterocycles. The highest BCUT2D eigenvalue weighted by molar-refractivity contribution is 5.84. The lowest BCUT2D eigenvalue weighted by molar-refractivity contribution is 0.402. The summed E-state index contributed by atoms with van der Waals surface area (Å²) in [5, 5.41) is 4.82. The van der Waals surface area contributed by atoms with Gasteiger partial charge in [-0.1, -0.05) is 140 Å². The van der Waals surface area contributed by atoms with E-state index in [0.29, 0.717) is 0 Å². The van der Waals surface area contributed by atoms with E-state index in [1.807, 2.05) is 0 Å². The van der Waals surface area contributed by atoms with Crippen molar-refractivity contribution in [2.24, 2.45) is 5.10 Å². The molecule has 3 nitrogen and oxygen atoms in total. The smallest absolute Gasteiger partial charge is 0.0456 e. The third-order valence-electron chi connectivity index (χ3n) is 7.74. The lowest BCUT2D eigenvalue weighted by atomic mass is 10.0. The van der Waals surface area contributed by atoms with Crippen LogP contribution >= 0.6 is 0 Å². The van der Waals surface area contributed by atoms with Crippen LogP contribution < -0.4 is 5.43 Å². The maximum absolute atomic E-state index is 4.82. The summed E-state index contributed by atoms with van der Waals surface area (Å²) in [4.78, 5) is 2.21. The Bertz CT molecular complexity index is 623. The molecule has 3 heteroatoms. The second kappa shape index (κ2) is 35.6. The second-order valence-corrected chi connectivity index (χ2v) is 12.4. The molecule has 0 rings (SSSR count). The number of allylic oxidation sites excluding steroid dienone is 8. The van der Waals surface area contributed by atoms with Crippen LogP contribution in [0, 0.1) is 0 Å². The van der Waals surface area contributed by atoms with Crippen molar-refractivity contribution >= 4 is 5.71 Å². The second-order valence-electron chi connectivity index (χ2n) is 12.4. The molecular weight excluding hydrogens is 510 g/mol. The lowest BCUT2D eigenvalue weighted by Gasteiger charge is -2.11. The van der Waals surface area contributed by atoms with Crippen LogP contribution in [0.15, 0.2) is 53.7 Å². The molecule has 0 atom stereocenters. The van der Waals surface area contributed by atoms with Gasteiger partial charge in [0.15, 0.2) is 0 Å². The summed E-state index contributed by atoms with van der Waals surface area (Å²) in [7, 11) is 4.25. The maximum atomic E-state index is 4.82. The molecule has 0 aromatic heterocycles. The third-order valence-corrected chi connectivity index (χ3v) is 7.74. The van der Waals surface area contributed by atoms with Crippen molar-refractivity contribution in [3.05, 3.63) is 48.6 Å². The molecule has 0 aliphatic rings. The summed E-state index contributed by atoms with van der Waals surface area (Å²) < 4.78 is 0. The summed E-state index contributed by atoms with van der Waals surface area (Å²) >= 11 is 0. The molecule has 0 unspecified atom stereocenters. The fraction of sp³-hybridized carbons (Fsp3) is 0.769. The Morgan fingerprint density at radius 2 is 0.881 bits per heavy atom. The molecule has 0 radical (unpaired) electrons. The van der Waals surface area contributed by atoms with Crippen LogP contribution in [-0.4, -0.2) is 37.8 Å².